The van der Waals surface area contributed by atoms with Crippen molar-refractivity contribution in [3.05, 3.63) is 78.0 Å². The van der Waals surface area contributed by atoms with Crippen molar-refractivity contribution < 1.29 is 32.3 Å². The van der Waals surface area contributed by atoms with E-state index in [9.17, 15) is 32.3 Å². The van der Waals surface area contributed by atoms with E-state index in [1.165, 1.54) is 30.2 Å². The normalized spacial score (nSPS) is 17.6. The van der Waals surface area contributed by atoms with Gasteiger partial charge in [-0.2, -0.15) is 13.2 Å². The zero-order chi connectivity index (χ0) is 28.3. The largest absolute Gasteiger partial charge is 0.454 e. The van der Waals surface area contributed by atoms with Crippen LogP contribution in [0.25, 0.3) is 5.70 Å². The summed E-state index contributed by atoms with van der Waals surface area (Å²) in [5.41, 5.74) is -2.41. The molecule has 1 N–H and O–H groups in total. The molecule has 2 atom stereocenters. The molecule has 0 bridgehead atoms. The molecule has 3 amide bonds. The summed E-state index contributed by atoms with van der Waals surface area (Å²) >= 11 is 0. The van der Waals surface area contributed by atoms with Gasteiger partial charge in [0.05, 0.1) is 5.70 Å². The summed E-state index contributed by atoms with van der Waals surface area (Å²) in [7, 11) is 0. The van der Waals surface area contributed by atoms with Gasteiger partial charge in [0.15, 0.2) is 5.66 Å². The highest BCUT2D eigenvalue weighted by Gasteiger charge is 2.60. The molecule has 0 aromatic heterocycles. The fourth-order valence-corrected chi connectivity index (χ4v) is 4.68. The van der Waals surface area contributed by atoms with Crippen LogP contribution in [0.4, 0.5) is 13.2 Å². The molecular formula is C28H30F3N3O4. The summed E-state index contributed by atoms with van der Waals surface area (Å²) < 4.78 is 42.9. The molecular weight excluding hydrogens is 499 g/mol. The number of Topliss-reactive ketones (excluding diaryl/α,β-unsaturated/α-hetero) is 1. The maximum Gasteiger partial charge on any atom is 0.454 e. The van der Waals surface area contributed by atoms with Gasteiger partial charge in [-0.3, -0.25) is 24.1 Å². The Balaban J connectivity index is 2.41. The second-order valence-corrected chi connectivity index (χ2v) is 9.66. The lowest BCUT2D eigenvalue weighted by atomic mass is 9.88. The quantitative estimate of drug-likeness (QED) is 0.553. The Kier molecular flexibility index (Phi) is 8.44. The van der Waals surface area contributed by atoms with Crippen LogP contribution in [-0.4, -0.2) is 51.2 Å². The molecule has 2 aromatic rings. The molecule has 7 nitrogen and oxygen atoms in total. The predicted molar refractivity (Wildman–Crippen MR) is 135 cm³/mol. The molecule has 0 saturated heterocycles. The molecule has 1 heterocycles. The number of nitrogens with one attached hydrogen (secondary N) is 1. The number of amides is 3. The first-order valence-electron chi connectivity index (χ1n) is 12.1. The van der Waals surface area contributed by atoms with Crippen molar-refractivity contribution in [2.24, 2.45) is 5.92 Å². The van der Waals surface area contributed by atoms with Gasteiger partial charge in [0.2, 0.25) is 11.8 Å². The van der Waals surface area contributed by atoms with Crippen molar-refractivity contribution in [3.8, 4) is 0 Å². The van der Waals surface area contributed by atoms with Gasteiger partial charge in [-0.25, -0.2) is 0 Å². The summed E-state index contributed by atoms with van der Waals surface area (Å²) in [4.78, 5) is 54.6. The van der Waals surface area contributed by atoms with Crippen LogP contribution in [0.3, 0.4) is 0 Å². The second-order valence-electron chi connectivity index (χ2n) is 9.66. The van der Waals surface area contributed by atoms with Crippen LogP contribution < -0.4 is 5.32 Å². The highest BCUT2D eigenvalue weighted by molar-refractivity contribution is 6.05. The van der Waals surface area contributed by atoms with Crippen molar-refractivity contribution in [1.29, 1.82) is 0 Å². The zero-order valence-electron chi connectivity index (χ0n) is 21.6. The summed E-state index contributed by atoms with van der Waals surface area (Å²) in [6, 6.07) is 14.6. The maximum atomic E-state index is 14.3. The highest BCUT2D eigenvalue weighted by Crippen LogP contribution is 2.39. The molecule has 3 rings (SSSR count). The Morgan fingerprint density at radius 1 is 0.947 bits per heavy atom. The van der Waals surface area contributed by atoms with Crippen molar-refractivity contribution in [2.45, 2.75) is 58.4 Å². The standard InChI is InChI=1S/C28H30F3N3O4/c1-18(2)15-23-25(37)34(24(17-33(23)20(4)36)22-13-9-6-10-14-22)27(32-19(3)35,26(38)28(29,30)31)16-21-11-7-5-8-12-21/h5-14,17-18,23H,15-16H2,1-4H3,(H,32,35). The molecule has 10 heteroatoms. The monoisotopic (exact) mass is 529 g/mol. The van der Waals surface area contributed by atoms with Gasteiger partial charge >= 0.3 is 6.18 Å². The summed E-state index contributed by atoms with van der Waals surface area (Å²) in [5.74, 6) is -4.76. The van der Waals surface area contributed by atoms with Gasteiger partial charge in [-0.15, -0.1) is 0 Å². The van der Waals surface area contributed by atoms with E-state index in [2.05, 4.69) is 5.32 Å². The topological polar surface area (TPSA) is 86.8 Å². The first-order chi connectivity index (χ1) is 17.8. The average molecular weight is 530 g/mol. The number of alkyl halides is 3. The van der Waals surface area contributed by atoms with Gasteiger partial charge in [0, 0.05) is 26.5 Å². The SMILES string of the molecule is CC(=O)NC(Cc1ccccc1)(C(=O)C(F)(F)F)N1C(=O)C(CC(C)C)N(C(C)=O)C=C1c1ccccc1. The van der Waals surface area contributed by atoms with Gasteiger partial charge in [-0.1, -0.05) is 74.5 Å². The van der Waals surface area contributed by atoms with E-state index < -0.39 is 47.8 Å². The Morgan fingerprint density at radius 3 is 1.97 bits per heavy atom. The fraction of sp³-hybridized carbons (Fsp3) is 0.357. The maximum absolute atomic E-state index is 14.3. The number of nitrogens with zero attached hydrogens (tertiary/aromatic N) is 2. The molecule has 0 radical (unpaired) electrons. The number of carbonyl (C=O) groups is 4. The fourth-order valence-electron chi connectivity index (χ4n) is 4.68. The third-order valence-electron chi connectivity index (χ3n) is 6.17. The van der Waals surface area contributed by atoms with E-state index >= 15 is 0 Å². The lowest BCUT2D eigenvalue weighted by Crippen LogP contribution is -2.72. The Hall–Kier alpha value is -3.95. The molecule has 0 saturated carbocycles. The van der Waals surface area contributed by atoms with Crippen LogP contribution in [0.1, 0.15) is 45.2 Å². The third-order valence-corrected chi connectivity index (χ3v) is 6.17. The van der Waals surface area contributed by atoms with Crippen LogP contribution in [0.2, 0.25) is 0 Å². The lowest BCUT2D eigenvalue weighted by molar-refractivity contribution is -0.187. The number of benzene rings is 2. The van der Waals surface area contributed by atoms with E-state index in [0.29, 0.717) is 0 Å². The van der Waals surface area contributed by atoms with Crippen molar-refractivity contribution in [1.82, 2.24) is 15.1 Å². The van der Waals surface area contributed by atoms with Gasteiger partial charge in [0.1, 0.15) is 6.04 Å². The van der Waals surface area contributed by atoms with Gasteiger partial charge < -0.3 is 10.2 Å². The molecule has 38 heavy (non-hydrogen) atoms. The Morgan fingerprint density at radius 2 is 1.50 bits per heavy atom. The summed E-state index contributed by atoms with van der Waals surface area (Å²) in [5, 5.41) is 2.22. The molecule has 1 aliphatic rings. The molecule has 2 unspecified atom stereocenters. The number of halogens is 3. The molecule has 2 aromatic carbocycles. The third kappa shape index (κ3) is 5.95. The molecule has 1 aliphatic heterocycles. The van der Waals surface area contributed by atoms with Gasteiger partial charge in [0.25, 0.3) is 11.7 Å². The highest BCUT2D eigenvalue weighted by atomic mass is 19.4. The van der Waals surface area contributed by atoms with Crippen molar-refractivity contribution in [3.63, 3.8) is 0 Å². The molecule has 202 valence electrons. The average Bonchev–Trinajstić information content (AvgIpc) is 2.84. The van der Waals surface area contributed by atoms with E-state index in [-0.39, 0.29) is 29.2 Å². The zero-order valence-corrected chi connectivity index (χ0v) is 21.6. The molecule has 0 aliphatic carbocycles. The predicted octanol–water partition coefficient (Wildman–Crippen LogP) is 4.30. The van der Waals surface area contributed by atoms with Crippen LogP contribution in [0.15, 0.2) is 66.9 Å². The number of ketones is 1. The van der Waals surface area contributed by atoms with Crippen LogP contribution in [0.5, 0.6) is 0 Å². The van der Waals surface area contributed by atoms with Crippen LogP contribution >= 0.6 is 0 Å². The number of carbonyl (C=O) groups excluding carboxylic acids is 4. The summed E-state index contributed by atoms with van der Waals surface area (Å²) in [6.07, 6.45) is -4.66. The van der Waals surface area contributed by atoms with E-state index in [1.54, 1.807) is 62.4 Å². The smallest absolute Gasteiger partial charge is 0.326 e. The first kappa shape index (κ1) is 28.6. The van der Waals surface area contributed by atoms with Crippen molar-refractivity contribution in [2.75, 3.05) is 0 Å². The van der Waals surface area contributed by atoms with E-state index in [0.717, 1.165) is 11.8 Å². The van der Waals surface area contributed by atoms with Crippen LogP contribution in [0, 0.1) is 5.92 Å². The lowest BCUT2D eigenvalue weighted by Gasteiger charge is -2.49. The minimum atomic E-state index is -5.41. The van der Waals surface area contributed by atoms with Crippen LogP contribution in [-0.2, 0) is 25.6 Å². The summed E-state index contributed by atoms with van der Waals surface area (Å²) in [6.45, 7) is 5.84. The number of rotatable bonds is 8. The first-order valence-corrected chi connectivity index (χ1v) is 12.1. The molecule has 0 fully saturated rings. The number of hydrogen-bond donors (Lipinski definition) is 1. The van der Waals surface area contributed by atoms with E-state index in [1.807, 2.05) is 0 Å². The Bertz CT molecular complexity index is 1230. The number of hydrogen-bond acceptors (Lipinski definition) is 4. The molecule has 0 spiro atoms. The van der Waals surface area contributed by atoms with Crippen molar-refractivity contribution >= 4 is 29.2 Å². The minimum Gasteiger partial charge on any atom is -0.326 e. The minimum absolute atomic E-state index is 0.118. The second kappa shape index (κ2) is 11.2. The van der Waals surface area contributed by atoms with Gasteiger partial charge in [-0.05, 0) is 23.5 Å². The Labute approximate surface area is 219 Å². The van der Waals surface area contributed by atoms with E-state index in [4.69, 9.17) is 0 Å².